The summed E-state index contributed by atoms with van der Waals surface area (Å²) in [6, 6.07) is 11.2. The van der Waals surface area contributed by atoms with E-state index in [1.165, 1.54) is 19.2 Å². The number of fused-ring (bicyclic) bond motifs is 4. The Bertz CT molecular complexity index is 3460. The molecule has 8 heterocycles. The van der Waals surface area contributed by atoms with Crippen molar-refractivity contribution in [2.24, 2.45) is 0 Å². The van der Waals surface area contributed by atoms with Gasteiger partial charge in [-0.15, -0.1) is 0 Å². The number of carbonyl (C=O) groups is 14. The van der Waals surface area contributed by atoms with E-state index in [9.17, 15) is 72.2 Å². The number of ketones is 4. The molecule has 8 fully saturated rings. The van der Waals surface area contributed by atoms with E-state index in [-0.39, 0.29) is 150 Å². The largest absolute Gasteiger partial charge is 0.478 e. The number of urea groups is 4. The second kappa shape index (κ2) is 49.0. The molecular formula is C83H122N12O16S4. The van der Waals surface area contributed by atoms with Gasteiger partial charge in [-0.2, -0.15) is 47.0 Å². The highest BCUT2D eigenvalue weighted by Crippen LogP contribution is 2.37. The van der Waals surface area contributed by atoms with Crippen molar-refractivity contribution >= 4 is 130 Å². The highest BCUT2D eigenvalue weighted by Gasteiger charge is 2.46. The second-order valence-corrected chi connectivity index (χ2v) is 36.9. The number of nitrogens with one attached hydrogen (secondary N) is 12. The van der Waals surface area contributed by atoms with E-state index in [0.29, 0.717) is 152 Å². The van der Waals surface area contributed by atoms with Crippen LogP contribution in [0.1, 0.15) is 248 Å². The molecule has 0 spiro atoms. The zero-order chi connectivity index (χ0) is 81.9. The van der Waals surface area contributed by atoms with Gasteiger partial charge in [0, 0.05) is 147 Å². The van der Waals surface area contributed by atoms with Crippen LogP contribution in [0.15, 0.2) is 36.4 Å². The van der Waals surface area contributed by atoms with Crippen LogP contribution in [-0.2, 0) is 68.8 Å². The van der Waals surface area contributed by atoms with Crippen LogP contribution in [0.25, 0.3) is 0 Å². The molecule has 28 nitrogen and oxygen atoms in total. The van der Waals surface area contributed by atoms with Crippen LogP contribution in [0.2, 0.25) is 0 Å². The number of Topliss-reactive ketones (excluding diaryl/α,β-unsaturated/α-hetero) is 4. The number of aromatic carboxylic acids is 1. The van der Waals surface area contributed by atoms with Crippen LogP contribution in [0.4, 0.5) is 19.2 Å². The van der Waals surface area contributed by atoms with Crippen LogP contribution < -0.4 is 63.8 Å². The minimum atomic E-state index is -1.10. The maximum Gasteiger partial charge on any atom is 0.337 e. The van der Waals surface area contributed by atoms with Gasteiger partial charge in [0.25, 0.3) is 0 Å². The molecule has 8 aliphatic heterocycles. The molecule has 0 aliphatic carbocycles. The Kier molecular flexibility index (Phi) is 38.9. The number of amides is 12. The predicted octanol–water partition coefficient (Wildman–Crippen LogP) is 8.91. The van der Waals surface area contributed by atoms with Gasteiger partial charge < -0.3 is 73.6 Å². The molecule has 13 N–H and O–H groups in total. The third-order valence-corrected chi connectivity index (χ3v) is 28.6. The van der Waals surface area contributed by atoms with Crippen LogP contribution in [0, 0.1) is 0 Å². The van der Waals surface area contributed by atoms with Gasteiger partial charge in [0.2, 0.25) is 23.6 Å². The van der Waals surface area contributed by atoms with Crippen LogP contribution in [0.3, 0.4) is 0 Å². The fourth-order valence-electron chi connectivity index (χ4n) is 16.4. The first-order valence-electron chi connectivity index (χ1n) is 42.1. The first-order chi connectivity index (χ1) is 55.6. The molecule has 12 atom stereocenters. The van der Waals surface area contributed by atoms with Crippen LogP contribution >= 0.6 is 47.0 Å². The lowest BCUT2D eigenvalue weighted by Gasteiger charge is -2.16. The Balaban J connectivity index is 0.000000263. The van der Waals surface area contributed by atoms with E-state index in [1.54, 1.807) is 18.2 Å². The number of thioether (sulfide) groups is 4. The third kappa shape index (κ3) is 32.0. The predicted molar refractivity (Wildman–Crippen MR) is 448 cm³/mol. The van der Waals surface area contributed by atoms with Crippen molar-refractivity contribution in [3.05, 3.63) is 69.8 Å². The summed E-state index contributed by atoms with van der Waals surface area (Å²) in [5.41, 5.74) is 2.92. The van der Waals surface area contributed by atoms with Gasteiger partial charge >= 0.3 is 36.1 Å². The average Bonchev–Trinajstić information content (AvgIpc) is 1.78. The minimum absolute atomic E-state index is 0.00452. The van der Waals surface area contributed by atoms with Crippen LogP contribution in [-0.4, -0.2) is 214 Å². The lowest BCUT2D eigenvalue weighted by Crippen LogP contribution is -2.36. The lowest BCUT2D eigenvalue weighted by atomic mass is 9.96. The van der Waals surface area contributed by atoms with E-state index < -0.39 is 11.9 Å². The number of rotatable bonds is 54. The van der Waals surface area contributed by atoms with Crippen molar-refractivity contribution in [3.63, 3.8) is 0 Å². The summed E-state index contributed by atoms with van der Waals surface area (Å²) in [4.78, 5) is 171. The molecule has 0 aromatic heterocycles. The number of unbranched alkanes of at least 4 members (excludes halogenated alkanes) is 12. The molecule has 0 bridgehead atoms. The number of carboxylic acid groups (broad SMARTS) is 1. The fourth-order valence-corrected chi connectivity index (χ4v) is 22.6. The summed E-state index contributed by atoms with van der Waals surface area (Å²) in [5, 5.41) is 46.9. The molecule has 8 aliphatic rings. The van der Waals surface area contributed by atoms with Gasteiger partial charge in [0.15, 0.2) is 0 Å². The monoisotopic (exact) mass is 1670 g/mol. The van der Waals surface area contributed by atoms with E-state index in [0.717, 1.165) is 151 Å². The van der Waals surface area contributed by atoms with Gasteiger partial charge in [-0.25, -0.2) is 28.8 Å². The maximum absolute atomic E-state index is 12.9. The second-order valence-electron chi connectivity index (χ2n) is 31.8. The Morgan fingerprint density at radius 2 is 0.574 bits per heavy atom. The van der Waals surface area contributed by atoms with Gasteiger partial charge in [0.05, 0.1) is 66.6 Å². The molecule has 32 heteroatoms. The molecule has 0 radical (unpaired) electrons. The summed E-state index contributed by atoms with van der Waals surface area (Å²) in [5.74, 6) is 2.37. The van der Waals surface area contributed by atoms with E-state index in [2.05, 4.69) is 63.8 Å². The number of benzene rings is 2. The van der Waals surface area contributed by atoms with Crippen molar-refractivity contribution in [2.45, 2.75) is 300 Å². The highest BCUT2D eigenvalue weighted by molar-refractivity contribution is 8.01. The first-order valence-corrected chi connectivity index (χ1v) is 46.3. The minimum Gasteiger partial charge on any atom is -0.478 e. The molecule has 0 saturated carbocycles. The molecule has 8 saturated heterocycles. The van der Waals surface area contributed by atoms with Gasteiger partial charge in [-0.05, 0) is 149 Å². The van der Waals surface area contributed by atoms with Crippen molar-refractivity contribution in [2.75, 3.05) is 56.3 Å². The van der Waals surface area contributed by atoms with E-state index in [1.807, 2.05) is 53.1 Å². The maximum atomic E-state index is 12.9. The van der Waals surface area contributed by atoms with E-state index in [4.69, 9.17) is 4.74 Å². The van der Waals surface area contributed by atoms with Crippen molar-refractivity contribution in [1.82, 2.24) is 63.8 Å². The molecule has 2 aromatic rings. The number of methoxy groups -OCH3 is 1. The number of esters is 1. The van der Waals surface area contributed by atoms with E-state index >= 15 is 0 Å². The molecule has 12 amide bonds. The standard InChI is InChI=1S/C42H62N6O8S2.C41H60N6O8S2/c1-56-40(53)29-21-27(23-30(49)12-4-2-10-18-43-36(51)16-8-6-14-34-38-32(25-57-34)45-41(54)47-38)20-28(22-29)24-31(50)13-5-3-11-19-44-37(52)17-9-7-15-35-39-33(26-58-35)46-42(55)48-39;48-29(11-3-1-9-17-42-35(50)15-7-5-13-33-37-31(24-56-33)44-40(54)46-37)22-26-19-27(21-28(20-26)39(52)53)23-30(49)12-4-2-10-18-43-36(51)16-8-6-14-34-38-32(25-57-34)45-41(55)47-38/h20-22,32-35,38-39H,2-19,23-26H2,1H3,(H,43,51)(H,44,52)(H2,45,47,54)(H2,46,48,55);19-21,31-34,37-38H,1-18,22-25H2,(H,42,50)(H,43,51)(H,52,53)(H2,44,46,54)(H2,45,47,55). The quantitative estimate of drug-likeness (QED) is 0.0167. The Hall–Kier alpha value is -7.58. The third-order valence-electron chi connectivity index (χ3n) is 22.5. The molecular weight excluding hydrogens is 1550 g/mol. The Morgan fingerprint density at radius 3 is 0.817 bits per heavy atom. The number of carbonyl (C=O) groups excluding carboxylic acids is 13. The van der Waals surface area contributed by atoms with Gasteiger partial charge in [-0.1, -0.05) is 63.5 Å². The summed E-state index contributed by atoms with van der Waals surface area (Å²) in [6.45, 7) is 2.27. The molecule has 115 heavy (non-hydrogen) atoms. The number of hydrogen-bond acceptors (Lipinski definition) is 19. The number of ether oxygens (including phenoxy) is 1. The molecule has 634 valence electrons. The number of carboxylic acids is 1. The zero-order valence-corrected chi connectivity index (χ0v) is 70.0. The fraction of sp³-hybridized carbons (Fsp3) is 0.687. The Morgan fingerprint density at radius 1 is 0.330 bits per heavy atom. The SMILES string of the molecule is COC(=O)c1cc(CC(=O)CCCCCNC(=O)CCCCC2SCC3NC(=O)NC32)cc(CC(=O)CCCCCNC(=O)CCCCC2SCC3NC(=O)NC32)c1.O=C(CCCCCNC(=O)CCCCC1SCC2NC(=O)NC21)Cc1cc(CC(=O)CCCCCNC(=O)CCCCC2SCC3NC(=O)NC32)cc(C(=O)O)c1. The summed E-state index contributed by atoms with van der Waals surface area (Å²) in [7, 11) is 1.30. The summed E-state index contributed by atoms with van der Waals surface area (Å²) < 4.78 is 4.93. The zero-order valence-electron chi connectivity index (χ0n) is 66.7. The smallest absolute Gasteiger partial charge is 0.337 e. The number of hydrogen-bond donors (Lipinski definition) is 13. The molecule has 12 unspecified atom stereocenters. The summed E-state index contributed by atoms with van der Waals surface area (Å²) >= 11 is 7.53. The molecule has 2 aromatic carbocycles. The van der Waals surface area contributed by atoms with Gasteiger partial charge in [-0.3, -0.25) is 38.4 Å². The first kappa shape index (κ1) is 91.3. The summed E-state index contributed by atoms with van der Waals surface area (Å²) in [6.07, 6.45) is 24.0. The highest BCUT2D eigenvalue weighted by atomic mass is 32.2. The molecule has 10 rings (SSSR count). The lowest BCUT2D eigenvalue weighted by molar-refractivity contribution is -0.122. The van der Waals surface area contributed by atoms with Crippen molar-refractivity contribution < 1.29 is 77.0 Å². The van der Waals surface area contributed by atoms with Crippen molar-refractivity contribution in [1.29, 1.82) is 0 Å². The van der Waals surface area contributed by atoms with Crippen molar-refractivity contribution in [3.8, 4) is 0 Å². The average molecular weight is 1670 g/mol. The normalized spacial score (nSPS) is 23.0. The van der Waals surface area contributed by atoms with Crippen LogP contribution in [0.5, 0.6) is 0 Å². The topological polar surface area (TPSA) is 413 Å². The Labute approximate surface area is 693 Å². The van der Waals surface area contributed by atoms with Gasteiger partial charge in [0.1, 0.15) is 23.1 Å².